The highest BCUT2D eigenvalue weighted by Gasteiger charge is 2.49. The van der Waals surface area contributed by atoms with Gasteiger partial charge < -0.3 is 19.5 Å². The van der Waals surface area contributed by atoms with Gasteiger partial charge in [-0.05, 0) is 62.4 Å². The summed E-state index contributed by atoms with van der Waals surface area (Å²) in [5, 5.41) is 3.61. The number of hydrogen-bond acceptors (Lipinski definition) is 4. The van der Waals surface area contributed by atoms with E-state index in [1.165, 1.54) is 17.7 Å². The maximum absolute atomic E-state index is 12.8. The quantitative estimate of drug-likeness (QED) is 0.677. The maximum Gasteiger partial charge on any atom is 0.573 e. The lowest BCUT2D eigenvalue weighted by Crippen LogP contribution is -2.48. The smallest absolute Gasteiger partial charge is 0.490 e. The van der Waals surface area contributed by atoms with Crippen LogP contribution in [-0.4, -0.2) is 31.2 Å². The minimum atomic E-state index is -4.73. The van der Waals surface area contributed by atoms with Crippen molar-refractivity contribution in [2.45, 2.75) is 62.1 Å². The zero-order valence-corrected chi connectivity index (χ0v) is 17.2. The Kier molecular flexibility index (Phi) is 5.34. The van der Waals surface area contributed by atoms with Gasteiger partial charge in [-0.3, -0.25) is 0 Å². The first-order valence-electron chi connectivity index (χ1n) is 10.9. The summed E-state index contributed by atoms with van der Waals surface area (Å²) >= 11 is 0. The summed E-state index contributed by atoms with van der Waals surface area (Å²) in [4.78, 5) is 0. The second kappa shape index (κ2) is 8.02. The average Bonchev–Trinajstić information content (AvgIpc) is 3.47. The molecule has 7 heteroatoms. The number of halogens is 3. The van der Waals surface area contributed by atoms with Crippen LogP contribution in [-0.2, 0) is 4.74 Å². The molecule has 2 aromatic carbocycles. The second-order valence-electron chi connectivity index (χ2n) is 8.74. The Hall–Kier alpha value is -2.25. The molecule has 1 saturated carbocycles. The molecule has 1 aliphatic carbocycles. The van der Waals surface area contributed by atoms with E-state index in [0.29, 0.717) is 12.4 Å². The average molecular weight is 433 g/mol. The van der Waals surface area contributed by atoms with Gasteiger partial charge in [0.1, 0.15) is 11.5 Å². The molecule has 2 heterocycles. The van der Waals surface area contributed by atoms with E-state index in [2.05, 4.69) is 22.2 Å². The van der Waals surface area contributed by atoms with Crippen molar-refractivity contribution < 1.29 is 27.4 Å². The maximum atomic E-state index is 12.8. The molecule has 0 radical (unpaired) electrons. The number of nitrogens with one attached hydrogen (secondary N) is 1. The van der Waals surface area contributed by atoms with Crippen LogP contribution in [0.5, 0.6) is 11.5 Å². The lowest BCUT2D eigenvalue weighted by molar-refractivity contribution is -0.274. The van der Waals surface area contributed by atoms with Gasteiger partial charge in [0.2, 0.25) is 0 Å². The van der Waals surface area contributed by atoms with Crippen molar-refractivity contribution in [2.24, 2.45) is 0 Å². The molecule has 2 aromatic rings. The van der Waals surface area contributed by atoms with Gasteiger partial charge in [0, 0.05) is 11.5 Å². The van der Waals surface area contributed by atoms with E-state index in [-0.39, 0.29) is 29.4 Å². The fourth-order valence-corrected chi connectivity index (χ4v) is 4.92. The van der Waals surface area contributed by atoms with Crippen LogP contribution in [0.3, 0.4) is 0 Å². The van der Waals surface area contributed by atoms with Crippen molar-refractivity contribution in [3.05, 3.63) is 59.7 Å². The molecule has 0 amide bonds. The van der Waals surface area contributed by atoms with Gasteiger partial charge in [-0.25, -0.2) is 0 Å². The van der Waals surface area contributed by atoms with Gasteiger partial charge in [-0.1, -0.05) is 30.3 Å². The lowest BCUT2D eigenvalue weighted by Gasteiger charge is -2.41. The molecule has 1 spiro atoms. The third-order valence-corrected chi connectivity index (χ3v) is 6.42. The number of benzene rings is 2. The zero-order chi connectivity index (χ0) is 21.5. The topological polar surface area (TPSA) is 39.7 Å². The number of alkyl halides is 3. The molecule has 4 nitrogen and oxygen atoms in total. The van der Waals surface area contributed by atoms with Gasteiger partial charge in [0.25, 0.3) is 0 Å². The molecule has 166 valence electrons. The Morgan fingerprint density at radius 2 is 1.87 bits per heavy atom. The van der Waals surface area contributed by atoms with Gasteiger partial charge in [-0.15, -0.1) is 13.2 Å². The second-order valence-corrected chi connectivity index (χ2v) is 8.74. The van der Waals surface area contributed by atoms with E-state index < -0.39 is 6.36 Å². The van der Waals surface area contributed by atoms with Crippen LogP contribution in [0, 0.1) is 0 Å². The van der Waals surface area contributed by atoms with Crippen LogP contribution in [0.4, 0.5) is 13.2 Å². The van der Waals surface area contributed by atoms with Crippen molar-refractivity contribution in [2.75, 3.05) is 13.2 Å². The summed E-state index contributed by atoms with van der Waals surface area (Å²) < 4.78 is 55.1. The van der Waals surface area contributed by atoms with Crippen molar-refractivity contribution in [3.8, 4) is 11.5 Å². The molecule has 2 saturated heterocycles. The predicted molar refractivity (Wildman–Crippen MR) is 109 cm³/mol. The summed E-state index contributed by atoms with van der Waals surface area (Å²) in [5.74, 6) is 0.368. The predicted octanol–water partition coefficient (Wildman–Crippen LogP) is 5.49. The Morgan fingerprint density at radius 3 is 2.61 bits per heavy atom. The van der Waals surface area contributed by atoms with Crippen molar-refractivity contribution in [1.82, 2.24) is 5.32 Å². The zero-order valence-electron chi connectivity index (χ0n) is 17.2. The monoisotopic (exact) mass is 433 g/mol. The Labute approximate surface area is 179 Å². The third-order valence-electron chi connectivity index (χ3n) is 6.42. The van der Waals surface area contributed by atoms with Gasteiger partial charge in [-0.2, -0.15) is 0 Å². The third kappa shape index (κ3) is 4.53. The molecule has 3 aliphatic rings. The standard InChI is InChI=1S/C24H26F3NO3/c25-24(26,27)31-19-9-10-21(30-18-7-8-18)20(13-19)17-14-23(29-15-17)11-4-12-28-22(23)16-5-2-1-3-6-16/h1-3,5-6,9-10,13,17-18,22,28H,4,7-8,11-12,14-15H2/t17-,22-,23+/m1/s1. The van der Waals surface area contributed by atoms with Gasteiger partial charge >= 0.3 is 6.36 Å². The Bertz CT molecular complexity index is 916. The fourth-order valence-electron chi connectivity index (χ4n) is 4.92. The van der Waals surface area contributed by atoms with Crippen LogP contribution in [0.25, 0.3) is 0 Å². The summed E-state index contributed by atoms with van der Waals surface area (Å²) in [5.41, 5.74) is 1.52. The first-order valence-corrected chi connectivity index (χ1v) is 10.9. The normalized spacial score (nSPS) is 28.6. The number of piperidine rings is 1. The minimum absolute atomic E-state index is 0.0508. The van der Waals surface area contributed by atoms with Crippen molar-refractivity contribution in [1.29, 1.82) is 0 Å². The number of rotatable bonds is 5. The summed E-state index contributed by atoms with van der Waals surface area (Å²) in [6.45, 7) is 1.36. The highest BCUT2D eigenvalue weighted by Crippen LogP contribution is 2.50. The van der Waals surface area contributed by atoms with Crippen LogP contribution in [0.15, 0.2) is 48.5 Å². The van der Waals surface area contributed by atoms with E-state index in [0.717, 1.165) is 44.2 Å². The van der Waals surface area contributed by atoms with E-state index in [9.17, 15) is 13.2 Å². The Morgan fingerprint density at radius 1 is 1.06 bits per heavy atom. The molecule has 0 bridgehead atoms. The van der Waals surface area contributed by atoms with Crippen molar-refractivity contribution in [3.63, 3.8) is 0 Å². The first-order chi connectivity index (χ1) is 14.9. The van der Waals surface area contributed by atoms with Crippen LogP contribution >= 0.6 is 0 Å². The molecule has 2 aliphatic heterocycles. The molecule has 3 fully saturated rings. The van der Waals surface area contributed by atoms with Crippen molar-refractivity contribution >= 4 is 0 Å². The minimum Gasteiger partial charge on any atom is -0.490 e. The van der Waals surface area contributed by atoms with Crippen LogP contribution in [0.1, 0.15) is 55.2 Å². The van der Waals surface area contributed by atoms with E-state index in [1.54, 1.807) is 6.07 Å². The molecular weight excluding hydrogens is 407 g/mol. The lowest BCUT2D eigenvalue weighted by atomic mass is 9.77. The summed E-state index contributed by atoms with van der Waals surface area (Å²) in [6, 6.07) is 14.7. The summed E-state index contributed by atoms with van der Waals surface area (Å²) in [6.07, 6.45) is 0.00624. The Balaban J connectivity index is 1.44. The largest absolute Gasteiger partial charge is 0.573 e. The SMILES string of the molecule is FC(F)(F)Oc1ccc(OC2CC2)c([C@H]2CO[C@@]3(CCCN[C@@H]3c3ccccc3)C2)c1. The van der Waals surface area contributed by atoms with Gasteiger partial charge in [0.05, 0.1) is 24.4 Å². The number of ether oxygens (including phenoxy) is 3. The molecule has 0 aromatic heterocycles. The number of hydrogen-bond donors (Lipinski definition) is 1. The van der Waals surface area contributed by atoms with Crippen LogP contribution in [0.2, 0.25) is 0 Å². The highest BCUT2D eigenvalue weighted by atomic mass is 19.4. The molecule has 1 N–H and O–H groups in total. The molecular formula is C24H26F3NO3. The first kappa shape index (κ1) is 20.6. The van der Waals surface area contributed by atoms with E-state index >= 15 is 0 Å². The molecule has 0 unspecified atom stereocenters. The van der Waals surface area contributed by atoms with Gasteiger partial charge in [0.15, 0.2) is 0 Å². The highest BCUT2D eigenvalue weighted by molar-refractivity contribution is 5.44. The summed E-state index contributed by atoms with van der Waals surface area (Å²) in [7, 11) is 0. The van der Waals surface area contributed by atoms with E-state index in [4.69, 9.17) is 9.47 Å². The fraction of sp³-hybridized carbons (Fsp3) is 0.500. The molecule has 5 rings (SSSR count). The van der Waals surface area contributed by atoms with Crippen LogP contribution < -0.4 is 14.8 Å². The van der Waals surface area contributed by atoms with E-state index in [1.807, 2.05) is 18.2 Å². The molecule has 3 atom stereocenters. The molecule has 31 heavy (non-hydrogen) atoms.